The number of hydrogen-bond donors (Lipinski definition) is 2. The van der Waals surface area contributed by atoms with Gasteiger partial charge in [-0.1, -0.05) is 6.07 Å². The van der Waals surface area contributed by atoms with Crippen molar-refractivity contribution in [2.45, 2.75) is 31.8 Å². The monoisotopic (exact) mass is 337 g/mol. The third-order valence-corrected chi connectivity index (χ3v) is 4.89. The molecule has 0 fully saturated rings. The smallest absolute Gasteiger partial charge is 0.251 e. The third kappa shape index (κ3) is 3.74. The molecule has 0 aliphatic heterocycles. The zero-order valence-corrected chi connectivity index (χ0v) is 14.0. The second-order valence-electron chi connectivity index (χ2n) is 4.90. The summed E-state index contributed by atoms with van der Waals surface area (Å²) >= 11 is 0. The van der Waals surface area contributed by atoms with Crippen LogP contribution in [-0.4, -0.2) is 36.1 Å². The number of carbonyl (C=O) groups is 1. The Morgan fingerprint density at radius 3 is 2.74 bits per heavy atom. The maximum absolute atomic E-state index is 12.3. The summed E-state index contributed by atoms with van der Waals surface area (Å²) in [6.07, 6.45) is 1.59. The van der Waals surface area contributed by atoms with E-state index in [1.807, 2.05) is 11.5 Å². The van der Waals surface area contributed by atoms with Crippen molar-refractivity contribution in [2.24, 2.45) is 0 Å². The molecule has 0 radical (unpaired) electrons. The van der Waals surface area contributed by atoms with Crippen LogP contribution < -0.4 is 10.0 Å². The number of benzene rings is 1. The first-order chi connectivity index (χ1) is 10.9. The van der Waals surface area contributed by atoms with Crippen LogP contribution in [0.2, 0.25) is 0 Å². The van der Waals surface area contributed by atoms with Crippen LogP contribution in [0.15, 0.2) is 29.4 Å². The minimum atomic E-state index is -3.60. The second-order valence-corrected chi connectivity index (χ2v) is 6.79. The number of amides is 1. The van der Waals surface area contributed by atoms with Gasteiger partial charge in [-0.2, -0.15) is 0 Å². The third-order valence-electron chi connectivity index (χ3n) is 3.48. The number of carbonyl (C=O) groups excluding carboxylic acids is 1. The molecule has 1 heterocycles. The van der Waals surface area contributed by atoms with Crippen LogP contribution in [0.25, 0.3) is 0 Å². The number of nitrogens with one attached hydrogen (secondary N) is 2. The van der Waals surface area contributed by atoms with E-state index in [9.17, 15) is 13.2 Å². The molecular weight excluding hydrogens is 318 g/mol. The van der Waals surface area contributed by atoms with Gasteiger partial charge >= 0.3 is 0 Å². The van der Waals surface area contributed by atoms with E-state index in [4.69, 9.17) is 0 Å². The van der Waals surface area contributed by atoms with Crippen molar-refractivity contribution >= 4 is 15.9 Å². The summed E-state index contributed by atoms with van der Waals surface area (Å²) in [5, 5.41) is 10.5. The molecule has 0 aliphatic carbocycles. The van der Waals surface area contributed by atoms with E-state index in [1.165, 1.54) is 19.2 Å². The van der Waals surface area contributed by atoms with Gasteiger partial charge in [-0.05, 0) is 38.6 Å². The first kappa shape index (κ1) is 17.1. The van der Waals surface area contributed by atoms with Crippen LogP contribution in [0.5, 0.6) is 0 Å². The van der Waals surface area contributed by atoms with Crippen molar-refractivity contribution in [3.63, 3.8) is 0 Å². The number of sulfonamides is 1. The normalized spacial score (nSPS) is 11.4. The Bertz CT molecular complexity index is 814. The molecule has 1 aromatic heterocycles. The molecule has 0 bridgehead atoms. The van der Waals surface area contributed by atoms with Gasteiger partial charge in [-0.15, -0.1) is 10.2 Å². The molecule has 124 valence electrons. The lowest BCUT2D eigenvalue weighted by molar-refractivity contribution is 0.0948. The molecule has 2 N–H and O–H groups in total. The highest BCUT2D eigenvalue weighted by Gasteiger charge is 2.17. The molecule has 0 saturated carbocycles. The van der Waals surface area contributed by atoms with Crippen LogP contribution in [0, 0.1) is 6.92 Å². The van der Waals surface area contributed by atoms with Crippen LogP contribution in [0.1, 0.15) is 28.7 Å². The number of aryl methyl sites for hydroxylation is 2. The summed E-state index contributed by atoms with van der Waals surface area (Å²) in [7, 11) is -2.27. The predicted octanol–water partition coefficient (Wildman–Crippen LogP) is 0.445. The Kier molecular flexibility index (Phi) is 5.12. The van der Waals surface area contributed by atoms with E-state index in [-0.39, 0.29) is 17.3 Å². The number of aromatic nitrogens is 3. The van der Waals surface area contributed by atoms with Gasteiger partial charge in [0.2, 0.25) is 10.0 Å². The highest BCUT2D eigenvalue weighted by molar-refractivity contribution is 7.89. The van der Waals surface area contributed by atoms with E-state index in [0.717, 1.165) is 0 Å². The van der Waals surface area contributed by atoms with Gasteiger partial charge in [0, 0.05) is 12.1 Å². The van der Waals surface area contributed by atoms with Crippen LogP contribution in [-0.2, 0) is 23.1 Å². The molecule has 0 aliphatic rings. The molecule has 2 aromatic rings. The first-order valence-corrected chi connectivity index (χ1v) is 8.56. The zero-order chi connectivity index (χ0) is 17.0. The summed E-state index contributed by atoms with van der Waals surface area (Å²) in [5.41, 5.74) is 0.999. The van der Waals surface area contributed by atoms with Crippen molar-refractivity contribution in [1.82, 2.24) is 24.8 Å². The molecule has 1 aromatic carbocycles. The SMILES string of the molecule is CCn1cnnc1CNC(=O)c1cc(S(=O)(=O)NC)ccc1C. The van der Waals surface area contributed by atoms with E-state index in [2.05, 4.69) is 20.2 Å². The lowest BCUT2D eigenvalue weighted by Crippen LogP contribution is -2.26. The minimum Gasteiger partial charge on any atom is -0.345 e. The number of nitrogens with zero attached hydrogens (tertiary/aromatic N) is 3. The Labute approximate surface area is 135 Å². The molecule has 23 heavy (non-hydrogen) atoms. The molecular formula is C14H19N5O3S. The summed E-state index contributed by atoms with van der Waals surface area (Å²) in [6.45, 7) is 4.62. The molecule has 0 saturated heterocycles. The van der Waals surface area contributed by atoms with Crippen molar-refractivity contribution in [2.75, 3.05) is 7.05 Å². The van der Waals surface area contributed by atoms with E-state index >= 15 is 0 Å². The first-order valence-electron chi connectivity index (χ1n) is 7.08. The maximum atomic E-state index is 12.3. The fourth-order valence-electron chi connectivity index (χ4n) is 2.07. The average molecular weight is 337 g/mol. The van der Waals surface area contributed by atoms with Crippen LogP contribution in [0.3, 0.4) is 0 Å². The predicted molar refractivity (Wildman–Crippen MR) is 84.3 cm³/mol. The average Bonchev–Trinajstić information content (AvgIpc) is 3.00. The zero-order valence-electron chi connectivity index (χ0n) is 13.2. The maximum Gasteiger partial charge on any atom is 0.251 e. The molecule has 9 heteroatoms. The quantitative estimate of drug-likeness (QED) is 0.796. The lowest BCUT2D eigenvalue weighted by atomic mass is 10.1. The summed E-state index contributed by atoms with van der Waals surface area (Å²) in [4.78, 5) is 12.4. The summed E-state index contributed by atoms with van der Waals surface area (Å²) in [5.74, 6) is 0.277. The Morgan fingerprint density at radius 1 is 1.35 bits per heavy atom. The van der Waals surface area contributed by atoms with Gasteiger partial charge in [0.1, 0.15) is 6.33 Å². The second kappa shape index (κ2) is 6.88. The minimum absolute atomic E-state index is 0.0486. The fraction of sp³-hybridized carbons (Fsp3) is 0.357. The number of hydrogen-bond acceptors (Lipinski definition) is 5. The van der Waals surface area contributed by atoms with Crippen molar-refractivity contribution in [3.8, 4) is 0 Å². The van der Waals surface area contributed by atoms with Crippen LogP contribution in [0.4, 0.5) is 0 Å². The molecule has 1 amide bonds. The lowest BCUT2D eigenvalue weighted by Gasteiger charge is -2.10. The molecule has 0 unspecified atom stereocenters. The van der Waals surface area contributed by atoms with Gasteiger partial charge in [0.15, 0.2) is 5.82 Å². The summed E-state index contributed by atoms with van der Waals surface area (Å²) in [6, 6.07) is 4.43. The summed E-state index contributed by atoms with van der Waals surface area (Å²) < 4.78 is 27.7. The highest BCUT2D eigenvalue weighted by atomic mass is 32.2. The largest absolute Gasteiger partial charge is 0.345 e. The van der Waals surface area contributed by atoms with E-state index in [1.54, 1.807) is 19.3 Å². The molecule has 0 atom stereocenters. The Hall–Kier alpha value is -2.26. The van der Waals surface area contributed by atoms with Crippen molar-refractivity contribution in [3.05, 3.63) is 41.5 Å². The Balaban J connectivity index is 2.21. The van der Waals surface area contributed by atoms with E-state index in [0.29, 0.717) is 23.5 Å². The number of rotatable bonds is 6. The van der Waals surface area contributed by atoms with Crippen molar-refractivity contribution < 1.29 is 13.2 Å². The molecule has 8 nitrogen and oxygen atoms in total. The van der Waals surface area contributed by atoms with Gasteiger partial charge in [-0.3, -0.25) is 4.79 Å². The van der Waals surface area contributed by atoms with Crippen molar-refractivity contribution in [1.29, 1.82) is 0 Å². The highest BCUT2D eigenvalue weighted by Crippen LogP contribution is 2.15. The fourth-order valence-corrected chi connectivity index (χ4v) is 2.82. The van der Waals surface area contributed by atoms with E-state index < -0.39 is 10.0 Å². The van der Waals surface area contributed by atoms with Gasteiger partial charge in [0.05, 0.1) is 11.4 Å². The van der Waals surface area contributed by atoms with Gasteiger partial charge < -0.3 is 9.88 Å². The molecule has 0 spiro atoms. The topological polar surface area (TPSA) is 106 Å². The van der Waals surface area contributed by atoms with Gasteiger partial charge in [-0.25, -0.2) is 13.1 Å². The Morgan fingerprint density at radius 2 is 2.09 bits per heavy atom. The van der Waals surface area contributed by atoms with Gasteiger partial charge in [0.25, 0.3) is 5.91 Å². The molecule has 2 rings (SSSR count). The van der Waals surface area contributed by atoms with Crippen LogP contribution >= 0.6 is 0 Å². The standard InChI is InChI=1S/C14H19N5O3S/c1-4-19-9-17-18-13(19)8-16-14(20)12-7-11(6-5-10(12)2)23(21,22)15-3/h5-7,9,15H,4,8H2,1-3H3,(H,16,20).